The Balaban J connectivity index is 0.000000173. The molecule has 0 spiro atoms. The highest BCUT2D eigenvalue weighted by molar-refractivity contribution is 6.38. The number of carbonyl (C=O) groups excluding carboxylic acids is 1. The number of hydrogen-bond donors (Lipinski definition) is 2. The Bertz CT molecular complexity index is 1240. The lowest BCUT2D eigenvalue weighted by atomic mass is 10.0. The largest absolute Gasteiger partial charge is 0.486 e. The minimum atomic E-state index is -0.731. The molecule has 0 atom stereocenters. The van der Waals surface area contributed by atoms with Crippen molar-refractivity contribution in [1.82, 2.24) is 4.90 Å². The average molecular weight is 508 g/mol. The number of fused-ring (bicyclic) bond motifs is 2. The number of benzene rings is 3. The monoisotopic (exact) mass is 507 g/mol. The minimum absolute atomic E-state index is 0.0563. The predicted octanol–water partition coefficient (Wildman–Crippen LogP) is 4.71. The van der Waals surface area contributed by atoms with Gasteiger partial charge in [0.15, 0.2) is 11.5 Å². The van der Waals surface area contributed by atoms with Crippen LogP contribution in [0.1, 0.15) is 36.8 Å². The first-order chi connectivity index (χ1) is 18.0. The number of likely N-dealkylation sites (tertiary alicyclic amines) is 1. The van der Waals surface area contributed by atoms with Crippen LogP contribution >= 0.6 is 0 Å². The Labute approximate surface area is 216 Å². The third-order valence-electron chi connectivity index (χ3n) is 6.67. The molecule has 1 amide bonds. The van der Waals surface area contributed by atoms with E-state index in [0.29, 0.717) is 19.6 Å². The summed E-state index contributed by atoms with van der Waals surface area (Å²) in [5, 5.41) is 13.2. The van der Waals surface area contributed by atoms with Gasteiger partial charge in [0.25, 0.3) is 5.91 Å². The molecule has 0 unspecified atom stereocenters. The summed E-state index contributed by atoms with van der Waals surface area (Å²) in [4.78, 5) is 13.5. The lowest BCUT2D eigenvalue weighted by Gasteiger charge is -2.19. The Kier molecular flexibility index (Phi) is 9.32. The summed E-state index contributed by atoms with van der Waals surface area (Å²) < 4.78 is 24.2. The number of primary amides is 1. The summed E-state index contributed by atoms with van der Waals surface area (Å²) in [6, 6.07) is 16.5. The van der Waals surface area contributed by atoms with Gasteiger partial charge in [-0.15, -0.1) is 0 Å². The van der Waals surface area contributed by atoms with Gasteiger partial charge in [-0.2, -0.15) is 0 Å². The molecular formula is C29H34FN3O4. The first-order valence-electron chi connectivity index (χ1n) is 12.8. The summed E-state index contributed by atoms with van der Waals surface area (Å²) in [5.41, 5.74) is 7.31. The zero-order chi connectivity index (χ0) is 26.0. The standard InChI is InChI=1S/C15H21NO2.C14H13FN2O2/c1-2-8-16(7-1)9-3-4-13-5-6-14-15(12-13)18-11-10-17-14;15-12-5-4-10-7-9(1-3-11(10)8-12)2-6-13(17-19)14(16)18/h5-6,12H,1-4,7-11H2;1,3-5,7-8,19H,2,6H2,(H2,16,18)/b;17-13+. The molecule has 0 bridgehead atoms. The summed E-state index contributed by atoms with van der Waals surface area (Å²) in [6.07, 6.45) is 5.91. The van der Waals surface area contributed by atoms with Gasteiger partial charge in [0.1, 0.15) is 24.7 Å². The third kappa shape index (κ3) is 7.67. The smallest absolute Gasteiger partial charge is 0.266 e. The zero-order valence-corrected chi connectivity index (χ0v) is 21.0. The fourth-order valence-electron chi connectivity index (χ4n) is 4.66. The Morgan fingerprint density at radius 1 is 0.919 bits per heavy atom. The normalized spacial score (nSPS) is 15.3. The highest BCUT2D eigenvalue weighted by Crippen LogP contribution is 2.31. The number of amides is 1. The van der Waals surface area contributed by atoms with Gasteiger partial charge in [-0.1, -0.05) is 35.5 Å². The van der Waals surface area contributed by atoms with Crippen molar-refractivity contribution in [1.29, 1.82) is 0 Å². The van der Waals surface area contributed by atoms with E-state index in [1.807, 2.05) is 24.3 Å². The average Bonchev–Trinajstić information content (AvgIpc) is 3.43. The molecule has 3 N–H and O–H groups in total. The van der Waals surface area contributed by atoms with Gasteiger partial charge < -0.3 is 25.3 Å². The highest BCUT2D eigenvalue weighted by atomic mass is 19.1. The number of nitrogens with two attached hydrogens (primary N) is 1. The first kappa shape index (κ1) is 26.4. The third-order valence-corrected chi connectivity index (χ3v) is 6.67. The summed E-state index contributed by atoms with van der Waals surface area (Å²) in [5.74, 6) is 0.804. The second-order valence-electron chi connectivity index (χ2n) is 9.37. The molecule has 2 aliphatic heterocycles. The highest BCUT2D eigenvalue weighted by Gasteiger charge is 2.13. The van der Waals surface area contributed by atoms with Crippen LogP contribution in [0.4, 0.5) is 4.39 Å². The number of halogens is 1. The van der Waals surface area contributed by atoms with Crippen LogP contribution in [0.25, 0.3) is 10.8 Å². The molecule has 0 aliphatic carbocycles. The van der Waals surface area contributed by atoms with Gasteiger partial charge in [0.05, 0.1) is 0 Å². The fourth-order valence-corrected chi connectivity index (χ4v) is 4.66. The number of ether oxygens (including phenoxy) is 2. The van der Waals surface area contributed by atoms with Crippen molar-refractivity contribution in [2.45, 2.75) is 38.5 Å². The molecule has 8 heteroatoms. The van der Waals surface area contributed by atoms with E-state index in [4.69, 9.17) is 20.4 Å². The van der Waals surface area contributed by atoms with Gasteiger partial charge in [0.2, 0.25) is 0 Å². The van der Waals surface area contributed by atoms with Crippen LogP contribution in [0.5, 0.6) is 11.5 Å². The maximum Gasteiger partial charge on any atom is 0.266 e. The second kappa shape index (κ2) is 13.1. The lowest BCUT2D eigenvalue weighted by Crippen LogP contribution is -2.23. The van der Waals surface area contributed by atoms with Crippen LogP contribution in [0, 0.1) is 5.82 Å². The molecule has 1 fully saturated rings. The molecular weight excluding hydrogens is 473 g/mol. The van der Waals surface area contributed by atoms with Crippen LogP contribution < -0.4 is 15.2 Å². The van der Waals surface area contributed by atoms with Gasteiger partial charge >= 0.3 is 0 Å². The molecule has 0 saturated carbocycles. The maximum absolute atomic E-state index is 13.0. The minimum Gasteiger partial charge on any atom is -0.486 e. The van der Waals surface area contributed by atoms with Crippen molar-refractivity contribution in [3.63, 3.8) is 0 Å². The molecule has 0 aromatic heterocycles. The van der Waals surface area contributed by atoms with Crippen LogP contribution in [-0.2, 0) is 17.6 Å². The molecule has 5 rings (SSSR count). The van der Waals surface area contributed by atoms with Crippen molar-refractivity contribution in [3.05, 3.63) is 71.5 Å². The summed E-state index contributed by atoms with van der Waals surface area (Å²) >= 11 is 0. The Hall–Kier alpha value is -3.65. The molecule has 196 valence electrons. The molecule has 3 aromatic rings. The van der Waals surface area contributed by atoms with E-state index >= 15 is 0 Å². The summed E-state index contributed by atoms with van der Waals surface area (Å²) in [6.45, 7) is 5.16. The van der Waals surface area contributed by atoms with E-state index in [9.17, 15) is 9.18 Å². The molecule has 37 heavy (non-hydrogen) atoms. The lowest BCUT2D eigenvalue weighted by molar-refractivity contribution is -0.112. The number of rotatable bonds is 8. The van der Waals surface area contributed by atoms with E-state index in [0.717, 1.165) is 34.3 Å². The molecule has 2 aliphatic rings. The van der Waals surface area contributed by atoms with E-state index in [1.165, 1.54) is 56.6 Å². The van der Waals surface area contributed by atoms with Crippen molar-refractivity contribution >= 4 is 22.4 Å². The fraction of sp³-hybridized carbons (Fsp3) is 0.379. The number of aryl methyl sites for hydroxylation is 2. The maximum atomic E-state index is 13.0. The first-order valence-corrected chi connectivity index (χ1v) is 12.8. The molecule has 7 nitrogen and oxygen atoms in total. The number of carbonyl (C=O) groups is 1. The van der Waals surface area contributed by atoms with E-state index in [-0.39, 0.29) is 17.9 Å². The zero-order valence-electron chi connectivity index (χ0n) is 21.0. The van der Waals surface area contributed by atoms with Crippen molar-refractivity contribution in [2.75, 3.05) is 32.8 Å². The molecule has 0 radical (unpaired) electrons. The van der Waals surface area contributed by atoms with Crippen molar-refractivity contribution in [3.8, 4) is 11.5 Å². The SMILES string of the molecule is NC(=O)/C(CCc1ccc2cc(F)ccc2c1)=N/O.c1cc2c(cc1CCCN1CCCC1)OCCO2. The van der Waals surface area contributed by atoms with Gasteiger partial charge in [-0.25, -0.2) is 4.39 Å². The van der Waals surface area contributed by atoms with Crippen molar-refractivity contribution in [2.24, 2.45) is 10.9 Å². The van der Waals surface area contributed by atoms with Crippen molar-refractivity contribution < 1.29 is 23.9 Å². The summed E-state index contributed by atoms with van der Waals surface area (Å²) in [7, 11) is 0. The van der Waals surface area contributed by atoms with Crippen LogP contribution in [0.15, 0.2) is 59.8 Å². The Morgan fingerprint density at radius 2 is 1.59 bits per heavy atom. The number of hydrogen-bond acceptors (Lipinski definition) is 6. The van der Waals surface area contributed by atoms with Gasteiger partial charge in [-0.05, 0) is 97.9 Å². The predicted molar refractivity (Wildman–Crippen MR) is 142 cm³/mol. The quantitative estimate of drug-likeness (QED) is 0.261. The van der Waals surface area contributed by atoms with E-state index in [2.05, 4.69) is 22.2 Å². The van der Waals surface area contributed by atoms with E-state index in [1.54, 1.807) is 6.07 Å². The van der Waals surface area contributed by atoms with E-state index < -0.39 is 5.91 Å². The Morgan fingerprint density at radius 3 is 2.35 bits per heavy atom. The van der Waals surface area contributed by atoms with Crippen LogP contribution in [0.3, 0.4) is 0 Å². The number of nitrogens with zero attached hydrogens (tertiary/aromatic N) is 2. The molecule has 1 saturated heterocycles. The molecule has 2 heterocycles. The van der Waals surface area contributed by atoms with Gasteiger partial charge in [0, 0.05) is 6.42 Å². The van der Waals surface area contributed by atoms with Crippen LogP contribution in [-0.4, -0.2) is 54.6 Å². The topological polar surface area (TPSA) is 97.4 Å². The van der Waals surface area contributed by atoms with Gasteiger partial charge in [-0.3, -0.25) is 4.79 Å². The number of oxime groups is 1. The second-order valence-corrected chi connectivity index (χ2v) is 9.37. The van der Waals surface area contributed by atoms with Crippen LogP contribution in [0.2, 0.25) is 0 Å². The molecule has 3 aromatic carbocycles.